The number of hydrogen-bond donors (Lipinski definition) is 2. The summed E-state index contributed by atoms with van der Waals surface area (Å²) in [5, 5.41) is 12.2. The van der Waals surface area contributed by atoms with Gasteiger partial charge in [-0.1, -0.05) is 48.5 Å². The monoisotopic (exact) mass is 504 g/mol. The number of halogens is 1. The smallest absolute Gasteiger partial charge is 0.300 e. The van der Waals surface area contributed by atoms with Gasteiger partial charge in [0.25, 0.3) is 11.7 Å². The second-order valence-electron chi connectivity index (χ2n) is 8.88. The summed E-state index contributed by atoms with van der Waals surface area (Å²) < 4.78 is 19.7. The van der Waals surface area contributed by atoms with Gasteiger partial charge >= 0.3 is 0 Å². The van der Waals surface area contributed by atoms with Gasteiger partial charge in [0, 0.05) is 28.4 Å². The quantitative estimate of drug-likeness (QED) is 0.158. The first kappa shape index (κ1) is 23.2. The minimum Gasteiger partial charge on any atom is -0.507 e. The highest BCUT2D eigenvalue weighted by Gasteiger charge is 2.47. The van der Waals surface area contributed by atoms with Crippen LogP contribution in [0.3, 0.4) is 0 Å². The number of nitrogens with zero attached hydrogens (tertiary/aromatic N) is 1. The number of H-pyrrole nitrogens is 1. The number of nitrogens with one attached hydrogen (secondary N) is 1. The van der Waals surface area contributed by atoms with Gasteiger partial charge < -0.3 is 14.8 Å². The molecular formula is C31H21FN2O4. The minimum atomic E-state index is -0.978. The topological polar surface area (TPSA) is 82.6 Å². The number of carbonyl (C=O) groups excluding carboxylic acids is 2. The molecule has 0 spiro atoms. The molecule has 1 unspecified atom stereocenters. The Hall–Kier alpha value is -5.17. The molecule has 6 nitrogen and oxygen atoms in total. The van der Waals surface area contributed by atoms with Crippen molar-refractivity contribution in [1.29, 1.82) is 0 Å². The Balaban J connectivity index is 1.53. The fourth-order valence-electron chi connectivity index (χ4n) is 4.80. The van der Waals surface area contributed by atoms with E-state index in [1.54, 1.807) is 30.5 Å². The third-order valence-corrected chi connectivity index (χ3v) is 6.55. The molecule has 2 N–H and O–H groups in total. The van der Waals surface area contributed by atoms with E-state index in [0.717, 1.165) is 5.52 Å². The van der Waals surface area contributed by atoms with Crippen LogP contribution in [0.25, 0.3) is 16.7 Å². The molecule has 1 amide bonds. The number of benzene rings is 4. The van der Waals surface area contributed by atoms with E-state index in [-0.39, 0.29) is 11.3 Å². The average molecular weight is 505 g/mol. The summed E-state index contributed by atoms with van der Waals surface area (Å²) in [6.07, 6.45) is 1.61. The van der Waals surface area contributed by atoms with Gasteiger partial charge in [-0.25, -0.2) is 4.39 Å². The molecule has 186 valence electrons. The van der Waals surface area contributed by atoms with Crippen molar-refractivity contribution < 1.29 is 23.8 Å². The second-order valence-corrected chi connectivity index (χ2v) is 8.88. The van der Waals surface area contributed by atoms with Gasteiger partial charge in [0.2, 0.25) is 0 Å². The zero-order valence-electron chi connectivity index (χ0n) is 20.0. The number of hydrogen-bond acceptors (Lipinski definition) is 4. The molecular weight excluding hydrogens is 483 g/mol. The zero-order valence-corrected chi connectivity index (χ0v) is 20.0. The largest absolute Gasteiger partial charge is 0.507 e. The Bertz CT molecular complexity index is 1710. The fraction of sp³-hybridized carbons (Fsp3) is 0.0323. The average Bonchev–Trinajstić information content (AvgIpc) is 3.49. The van der Waals surface area contributed by atoms with Gasteiger partial charge in [0.15, 0.2) is 0 Å². The summed E-state index contributed by atoms with van der Waals surface area (Å²) >= 11 is 0. The van der Waals surface area contributed by atoms with Gasteiger partial charge in [-0.3, -0.25) is 14.5 Å². The van der Waals surface area contributed by atoms with Crippen molar-refractivity contribution in [3.63, 3.8) is 0 Å². The van der Waals surface area contributed by atoms with Crippen LogP contribution < -0.4 is 9.64 Å². The van der Waals surface area contributed by atoms with Gasteiger partial charge in [-0.2, -0.15) is 0 Å². The SMILES string of the molecule is O=C1C(=O)N(c2ccc(F)cc2)C(c2cccc(Oc3ccccc3)c2)/C1=C(/O)c1c[nH]c2ccccc12. The minimum absolute atomic E-state index is 0.0686. The third kappa shape index (κ3) is 4.00. The van der Waals surface area contributed by atoms with Crippen molar-refractivity contribution in [2.75, 3.05) is 4.90 Å². The summed E-state index contributed by atoms with van der Waals surface area (Å²) in [5.41, 5.74) is 1.98. The standard InChI is InChI=1S/C31H21FN2O4/c32-20-13-15-21(16-14-20)34-28(19-7-6-10-23(17-19)38-22-8-2-1-3-9-22)27(30(36)31(34)37)29(35)25-18-33-26-12-5-4-11-24(25)26/h1-18,28,33,35H/b29-27-. The van der Waals surface area contributed by atoms with Crippen LogP contribution in [-0.4, -0.2) is 21.8 Å². The molecule has 7 heteroatoms. The number of aliphatic hydroxyl groups excluding tert-OH is 1. The molecule has 38 heavy (non-hydrogen) atoms. The summed E-state index contributed by atoms with van der Waals surface area (Å²) in [7, 11) is 0. The molecule has 5 aromatic rings. The van der Waals surface area contributed by atoms with Crippen LogP contribution in [-0.2, 0) is 9.59 Å². The highest BCUT2D eigenvalue weighted by atomic mass is 19.1. The maximum Gasteiger partial charge on any atom is 0.300 e. The second kappa shape index (κ2) is 9.37. The van der Waals surface area contributed by atoms with E-state index in [0.29, 0.717) is 33.7 Å². The van der Waals surface area contributed by atoms with Crippen molar-refractivity contribution in [2.24, 2.45) is 0 Å². The van der Waals surface area contributed by atoms with E-state index in [9.17, 15) is 19.1 Å². The first-order valence-electron chi connectivity index (χ1n) is 12.0. The number of Topliss-reactive ketones (excluding diaryl/α,β-unsaturated/α-hetero) is 1. The van der Waals surface area contributed by atoms with E-state index in [4.69, 9.17) is 4.74 Å². The highest BCUT2D eigenvalue weighted by molar-refractivity contribution is 6.51. The lowest BCUT2D eigenvalue weighted by Crippen LogP contribution is -2.29. The van der Waals surface area contributed by atoms with Crippen molar-refractivity contribution in [3.05, 3.63) is 132 Å². The molecule has 1 aromatic heterocycles. The van der Waals surface area contributed by atoms with E-state index >= 15 is 0 Å². The molecule has 1 aliphatic rings. The van der Waals surface area contributed by atoms with Crippen LogP contribution in [0.15, 0.2) is 115 Å². The maximum absolute atomic E-state index is 13.7. The first-order chi connectivity index (χ1) is 18.5. The number of amides is 1. The molecule has 0 radical (unpaired) electrons. The summed E-state index contributed by atoms with van der Waals surface area (Å²) in [5.74, 6) is -1.32. The van der Waals surface area contributed by atoms with Crippen LogP contribution >= 0.6 is 0 Å². The molecule has 0 bridgehead atoms. The number of ether oxygens (including phenoxy) is 1. The molecule has 1 aliphatic heterocycles. The molecule has 1 fully saturated rings. The number of fused-ring (bicyclic) bond motifs is 1. The van der Waals surface area contributed by atoms with Gasteiger partial charge in [0.05, 0.1) is 11.6 Å². The lowest BCUT2D eigenvalue weighted by atomic mass is 9.94. The highest BCUT2D eigenvalue weighted by Crippen LogP contribution is 2.43. The fourth-order valence-corrected chi connectivity index (χ4v) is 4.80. The molecule has 1 saturated heterocycles. The summed E-state index contributed by atoms with van der Waals surface area (Å²) in [6.45, 7) is 0. The zero-order chi connectivity index (χ0) is 26.2. The number of aromatic amines is 1. The van der Waals surface area contributed by atoms with Crippen LogP contribution in [0.1, 0.15) is 17.2 Å². The number of anilines is 1. The Kier molecular flexibility index (Phi) is 5.73. The third-order valence-electron chi connectivity index (χ3n) is 6.55. The van der Waals surface area contributed by atoms with Crippen LogP contribution in [0.4, 0.5) is 10.1 Å². The van der Waals surface area contributed by atoms with Crippen LogP contribution in [0.5, 0.6) is 11.5 Å². The van der Waals surface area contributed by atoms with E-state index < -0.39 is 23.5 Å². The lowest BCUT2D eigenvalue weighted by molar-refractivity contribution is -0.132. The first-order valence-corrected chi connectivity index (χ1v) is 12.0. The summed E-state index contributed by atoms with van der Waals surface area (Å²) in [4.78, 5) is 31.2. The van der Waals surface area contributed by atoms with Crippen molar-refractivity contribution in [1.82, 2.24) is 4.98 Å². The molecule has 4 aromatic carbocycles. The van der Waals surface area contributed by atoms with Gasteiger partial charge in [0.1, 0.15) is 23.1 Å². The molecule has 1 atom stereocenters. The van der Waals surface area contributed by atoms with Crippen molar-refractivity contribution >= 4 is 34.0 Å². The number of aromatic nitrogens is 1. The molecule has 0 saturated carbocycles. The predicted octanol–water partition coefficient (Wildman–Crippen LogP) is 6.73. The van der Waals surface area contributed by atoms with Crippen molar-refractivity contribution in [2.45, 2.75) is 6.04 Å². The summed E-state index contributed by atoms with van der Waals surface area (Å²) in [6, 6.07) is 27.9. The Labute approximate surface area is 217 Å². The number of ketones is 1. The van der Waals surface area contributed by atoms with Crippen LogP contribution in [0, 0.1) is 5.82 Å². The maximum atomic E-state index is 13.7. The van der Waals surface area contributed by atoms with E-state index in [2.05, 4.69) is 4.98 Å². The number of rotatable bonds is 5. The Morgan fingerprint density at radius 2 is 1.55 bits per heavy atom. The number of aliphatic hydroxyl groups is 1. The van der Waals surface area contributed by atoms with Gasteiger partial charge in [-0.15, -0.1) is 0 Å². The van der Waals surface area contributed by atoms with E-state index in [1.807, 2.05) is 54.6 Å². The molecule has 0 aliphatic carbocycles. The van der Waals surface area contributed by atoms with Crippen molar-refractivity contribution in [3.8, 4) is 11.5 Å². The Morgan fingerprint density at radius 3 is 2.34 bits per heavy atom. The van der Waals surface area contributed by atoms with Crippen LogP contribution in [0.2, 0.25) is 0 Å². The van der Waals surface area contributed by atoms with Gasteiger partial charge in [-0.05, 0) is 60.2 Å². The number of carbonyl (C=O) groups is 2. The predicted molar refractivity (Wildman–Crippen MR) is 142 cm³/mol. The molecule has 2 heterocycles. The Morgan fingerprint density at radius 1 is 0.842 bits per heavy atom. The number of para-hydroxylation sites is 2. The normalized spacial score (nSPS) is 16.8. The lowest BCUT2D eigenvalue weighted by Gasteiger charge is -2.25. The van der Waals surface area contributed by atoms with E-state index in [1.165, 1.54) is 29.2 Å². The molecule has 6 rings (SSSR count).